The second kappa shape index (κ2) is 24.7. The third-order valence-corrected chi connectivity index (χ3v) is 6.30. The molecule has 9 heteroatoms. The van der Waals surface area contributed by atoms with Gasteiger partial charge in [0.1, 0.15) is 25.9 Å². The van der Waals surface area contributed by atoms with E-state index in [-0.39, 0.29) is 32.2 Å². The normalized spacial score (nSPS) is 15.4. The lowest BCUT2D eigenvalue weighted by atomic mass is 10.2. The summed E-state index contributed by atoms with van der Waals surface area (Å²) < 4.78 is 32.9. The maximum absolute atomic E-state index is 12.0. The molecule has 0 fully saturated rings. The summed E-state index contributed by atoms with van der Waals surface area (Å²) in [5, 5.41) is 0. The van der Waals surface area contributed by atoms with Gasteiger partial charge in [-0.3, -0.25) is 13.8 Å². The third kappa shape index (κ3) is 27.5. The average Bonchev–Trinajstić information content (AvgIpc) is 2.89. The van der Waals surface area contributed by atoms with E-state index in [0.717, 1.165) is 38.5 Å². The number of ether oxygens (including phenoxy) is 2. The van der Waals surface area contributed by atoms with Crippen LogP contribution in [-0.4, -0.2) is 76.1 Å². The molecule has 1 N–H and O–H groups in total. The van der Waals surface area contributed by atoms with Gasteiger partial charge < -0.3 is 18.9 Å². The Morgan fingerprint density at radius 3 is 1.70 bits per heavy atom. The Hall–Kier alpha value is -2.06. The number of hydrogen-bond acceptors (Lipinski definition) is 6. The zero-order chi connectivity index (χ0) is 30.0. The second-order valence-corrected chi connectivity index (χ2v) is 11.6. The van der Waals surface area contributed by atoms with Gasteiger partial charge in [0.15, 0.2) is 0 Å². The van der Waals surface area contributed by atoms with Crippen LogP contribution in [0.3, 0.4) is 0 Å². The molecule has 0 aliphatic rings. The van der Waals surface area contributed by atoms with Gasteiger partial charge in [0.05, 0.1) is 27.7 Å². The smallest absolute Gasteiger partial charge is 0.463 e. The van der Waals surface area contributed by atoms with E-state index >= 15 is 0 Å². The SMILES string of the molecule is CC/C=C\C/C=C\C/C=C\C/C=C\C/C=C\C/C=C\CCC(=O)OC[C@H](COP(=O)(O)OCC[N+](C)(C)C)OC. The molecule has 2 atom stereocenters. The van der Waals surface area contributed by atoms with E-state index in [0.29, 0.717) is 17.4 Å². The quantitative estimate of drug-likeness (QED) is 0.0575. The predicted molar refractivity (Wildman–Crippen MR) is 164 cm³/mol. The number of phosphoric acid groups is 1. The van der Waals surface area contributed by atoms with Gasteiger partial charge in [0.2, 0.25) is 0 Å². The zero-order valence-electron chi connectivity index (χ0n) is 25.3. The van der Waals surface area contributed by atoms with Crippen LogP contribution in [0.4, 0.5) is 0 Å². The number of nitrogens with zero attached hydrogens (tertiary/aromatic N) is 1. The number of likely N-dealkylation sites (N-methyl/N-ethyl adjacent to an activating group) is 1. The van der Waals surface area contributed by atoms with Gasteiger partial charge in [-0.15, -0.1) is 0 Å². The van der Waals surface area contributed by atoms with Crippen LogP contribution in [0, 0.1) is 0 Å². The van der Waals surface area contributed by atoms with Crippen molar-refractivity contribution >= 4 is 13.8 Å². The summed E-state index contributed by atoms with van der Waals surface area (Å²) in [5.74, 6) is -0.368. The number of phosphoric ester groups is 1. The molecule has 1 unspecified atom stereocenters. The number of hydrogen-bond donors (Lipinski definition) is 1. The molecule has 0 rings (SSSR count). The lowest BCUT2D eigenvalue weighted by molar-refractivity contribution is -0.870. The molecule has 0 aromatic heterocycles. The van der Waals surface area contributed by atoms with E-state index in [4.69, 9.17) is 18.5 Å². The predicted octanol–water partition coefficient (Wildman–Crippen LogP) is 6.86. The fourth-order valence-electron chi connectivity index (χ4n) is 2.93. The Morgan fingerprint density at radius 1 is 0.775 bits per heavy atom. The third-order valence-electron chi connectivity index (χ3n) is 5.32. The molecule has 0 bridgehead atoms. The van der Waals surface area contributed by atoms with Gasteiger partial charge >= 0.3 is 13.8 Å². The van der Waals surface area contributed by atoms with Gasteiger partial charge in [-0.05, 0) is 44.9 Å². The maximum Gasteiger partial charge on any atom is 0.472 e. The first-order valence-corrected chi connectivity index (χ1v) is 15.6. The van der Waals surface area contributed by atoms with E-state index in [2.05, 4.69) is 67.7 Å². The summed E-state index contributed by atoms with van der Waals surface area (Å²) in [4.78, 5) is 21.7. The highest BCUT2D eigenvalue weighted by Gasteiger charge is 2.25. The van der Waals surface area contributed by atoms with Gasteiger partial charge in [0.25, 0.3) is 0 Å². The topological polar surface area (TPSA) is 91.3 Å². The number of rotatable bonds is 24. The molecular weight excluding hydrogens is 529 g/mol. The molecule has 0 amide bonds. The van der Waals surface area contributed by atoms with E-state index in [9.17, 15) is 14.3 Å². The molecule has 0 aliphatic heterocycles. The van der Waals surface area contributed by atoms with E-state index in [1.807, 2.05) is 33.3 Å². The van der Waals surface area contributed by atoms with Gasteiger partial charge in [0, 0.05) is 13.5 Å². The number of carbonyl (C=O) groups is 1. The van der Waals surface area contributed by atoms with Crippen LogP contribution in [0.5, 0.6) is 0 Å². The van der Waals surface area contributed by atoms with Crippen molar-refractivity contribution in [2.24, 2.45) is 0 Å². The lowest BCUT2D eigenvalue weighted by Gasteiger charge is -2.24. The number of carbonyl (C=O) groups excluding carboxylic acids is 1. The van der Waals surface area contributed by atoms with Crippen LogP contribution in [0.1, 0.15) is 58.3 Å². The maximum atomic E-state index is 12.0. The van der Waals surface area contributed by atoms with Crippen LogP contribution >= 0.6 is 7.82 Å². The highest BCUT2D eigenvalue weighted by atomic mass is 31.2. The summed E-state index contributed by atoms with van der Waals surface area (Å²) in [6.07, 6.45) is 31.5. The largest absolute Gasteiger partial charge is 0.472 e. The number of esters is 1. The molecule has 8 nitrogen and oxygen atoms in total. The average molecular weight is 583 g/mol. The fourth-order valence-corrected chi connectivity index (χ4v) is 3.67. The molecule has 40 heavy (non-hydrogen) atoms. The molecule has 0 heterocycles. The van der Waals surface area contributed by atoms with Crippen molar-refractivity contribution in [3.05, 3.63) is 72.9 Å². The lowest BCUT2D eigenvalue weighted by Crippen LogP contribution is -2.37. The van der Waals surface area contributed by atoms with Crippen molar-refractivity contribution in [1.82, 2.24) is 0 Å². The minimum absolute atomic E-state index is 0.0715. The van der Waals surface area contributed by atoms with Crippen molar-refractivity contribution in [2.75, 3.05) is 54.6 Å². The number of methoxy groups -OCH3 is 1. The van der Waals surface area contributed by atoms with Crippen molar-refractivity contribution in [3.8, 4) is 0 Å². The molecule has 0 spiro atoms. The van der Waals surface area contributed by atoms with Crippen molar-refractivity contribution < 1.29 is 37.3 Å². The van der Waals surface area contributed by atoms with Crippen LogP contribution in [0.15, 0.2) is 72.9 Å². The van der Waals surface area contributed by atoms with Crippen LogP contribution in [0.2, 0.25) is 0 Å². The summed E-state index contributed by atoms with van der Waals surface area (Å²) in [6.45, 7) is 2.48. The zero-order valence-corrected chi connectivity index (χ0v) is 26.2. The Labute approximate surface area is 242 Å². The minimum atomic E-state index is -4.20. The molecule has 228 valence electrons. The van der Waals surface area contributed by atoms with E-state index in [1.54, 1.807) is 0 Å². The summed E-state index contributed by atoms with van der Waals surface area (Å²) in [7, 11) is 3.06. The molecule has 0 radical (unpaired) electrons. The monoisotopic (exact) mass is 582 g/mol. The van der Waals surface area contributed by atoms with E-state index in [1.165, 1.54) is 7.11 Å². The van der Waals surface area contributed by atoms with Crippen LogP contribution < -0.4 is 0 Å². The van der Waals surface area contributed by atoms with Gasteiger partial charge in [-0.2, -0.15) is 0 Å². The molecule has 0 aliphatic carbocycles. The Bertz CT molecular complexity index is 869. The van der Waals surface area contributed by atoms with Crippen LogP contribution in [-0.2, 0) is 27.9 Å². The molecule has 0 aromatic carbocycles. The summed E-state index contributed by atoms with van der Waals surface area (Å²) in [6, 6.07) is 0. The Balaban J connectivity index is 3.91. The minimum Gasteiger partial charge on any atom is -0.463 e. The Morgan fingerprint density at radius 2 is 1.25 bits per heavy atom. The Kier molecular flexibility index (Phi) is 23.4. The fraction of sp³-hybridized carbons (Fsp3) is 0.581. The first kappa shape index (κ1) is 37.9. The molecule has 0 saturated heterocycles. The molecule has 0 saturated carbocycles. The first-order chi connectivity index (χ1) is 19.1. The summed E-state index contributed by atoms with van der Waals surface area (Å²) in [5.41, 5.74) is 0. The molecular formula is C31H53NO7P+. The highest BCUT2D eigenvalue weighted by molar-refractivity contribution is 7.47. The second-order valence-electron chi connectivity index (χ2n) is 10.1. The van der Waals surface area contributed by atoms with E-state index < -0.39 is 13.9 Å². The van der Waals surface area contributed by atoms with Crippen molar-refractivity contribution in [1.29, 1.82) is 0 Å². The van der Waals surface area contributed by atoms with Crippen LogP contribution in [0.25, 0.3) is 0 Å². The standard InChI is InChI=1S/C31H52NO7P/c1-6-7-8-9-10-11-12-13-14-15-16-17-18-19-20-21-22-23-24-25-31(33)37-28-30(36-5)29-39-40(34,35)38-27-26-32(2,3)4/h7-8,10-11,13-14,16-17,19-20,22-23,30H,6,9,12,15,18,21,24-29H2,1-5H3/p+1/b8-7-,11-10-,14-13-,17-16-,20-19-,23-22-/t30-/m1/s1. The van der Waals surface area contributed by atoms with Gasteiger partial charge in [-0.25, -0.2) is 4.57 Å². The number of allylic oxidation sites excluding steroid dienone is 12. The van der Waals surface area contributed by atoms with Crippen molar-refractivity contribution in [3.63, 3.8) is 0 Å². The van der Waals surface area contributed by atoms with Gasteiger partial charge in [-0.1, -0.05) is 79.8 Å². The summed E-state index contributed by atoms with van der Waals surface area (Å²) >= 11 is 0. The number of quaternary nitrogens is 1. The highest BCUT2D eigenvalue weighted by Crippen LogP contribution is 2.43. The first-order valence-electron chi connectivity index (χ1n) is 14.1. The molecule has 0 aromatic rings. The van der Waals surface area contributed by atoms with Crippen molar-refractivity contribution in [2.45, 2.75) is 64.4 Å².